The average Bonchev–Trinajstić information content (AvgIpc) is 2.73. The van der Waals surface area contributed by atoms with Gasteiger partial charge in [-0.1, -0.05) is 6.92 Å². The number of hydrogen-bond donors (Lipinski definition) is 4. The Labute approximate surface area is 111 Å². The minimum atomic E-state index is -1.24. The van der Waals surface area contributed by atoms with Crippen LogP contribution in [0.25, 0.3) is 0 Å². The molecule has 18 heavy (non-hydrogen) atoms. The Morgan fingerprint density at radius 3 is 2.72 bits per heavy atom. The van der Waals surface area contributed by atoms with Crippen LogP contribution in [0.2, 0.25) is 0 Å². The third-order valence-electron chi connectivity index (χ3n) is 2.91. The van der Waals surface area contributed by atoms with Crippen molar-refractivity contribution in [1.82, 2.24) is 10.6 Å². The van der Waals surface area contributed by atoms with Crippen LogP contribution in [-0.4, -0.2) is 51.9 Å². The zero-order valence-corrected chi connectivity index (χ0v) is 11.2. The molecule has 1 aliphatic carbocycles. The molecule has 0 aliphatic heterocycles. The number of carboxylic acids is 1. The molecule has 0 heterocycles. The lowest BCUT2D eigenvalue weighted by molar-refractivity contribution is -0.140. The van der Waals surface area contributed by atoms with Crippen molar-refractivity contribution in [1.29, 1.82) is 0 Å². The summed E-state index contributed by atoms with van der Waals surface area (Å²) < 4.78 is 0. The van der Waals surface area contributed by atoms with E-state index >= 15 is 0 Å². The highest BCUT2D eigenvalue weighted by atomic mass is 32.2. The normalized spacial score (nSPS) is 24.6. The Morgan fingerprint density at radius 2 is 2.17 bits per heavy atom. The quantitative estimate of drug-likeness (QED) is 0.563. The lowest BCUT2D eigenvalue weighted by Gasteiger charge is -2.16. The number of amides is 2. The van der Waals surface area contributed by atoms with Gasteiger partial charge in [-0.05, 0) is 25.0 Å². The third-order valence-corrected chi connectivity index (χ3v) is 4.14. The smallest absolute Gasteiger partial charge is 0.328 e. The molecular formula is C11H20N2O4S. The molecule has 0 saturated heterocycles. The number of aliphatic hydroxyl groups excluding tert-OH is 1. The standard InChI is InChI=1S/C11H20N2O4S/c1-2-18-8-4-3-7(5-8)12-11(17)13-9(6-14)10(15)16/h7-9,14H,2-6H2,1H3,(H,15,16)(H2,12,13,17)/t7?,8?,9-/m1/s1. The fourth-order valence-electron chi connectivity index (χ4n) is 2.03. The molecule has 0 radical (unpaired) electrons. The molecule has 104 valence electrons. The number of nitrogens with one attached hydrogen (secondary N) is 2. The number of aliphatic hydroxyl groups is 1. The number of carbonyl (C=O) groups excluding carboxylic acids is 1. The van der Waals surface area contributed by atoms with Crippen LogP contribution < -0.4 is 10.6 Å². The van der Waals surface area contributed by atoms with Crippen molar-refractivity contribution >= 4 is 23.8 Å². The first-order valence-corrected chi connectivity index (χ1v) is 7.14. The van der Waals surface area contributed by atoms with Crippen molar-refractivity contribution in [2.75, 3.05) is 12.4 Å². The van der Waals surface area contributed by atoms with Gasteiger partial charge in [0.15, 0.2) is 6.04 Å². The third kappa shape index (κ3) is 4.73. The van der Waals surface area contributed by atoms with Gasteiger partial charge in [0, 0.05) is 11.3 Å². The van der Waals surface area contributed by atoms with Crippen LogP contribution in [0.15, 0.2) is 0 Å². The first-order valence-electron chi connectivity index (χ1n) is 6.09. The molecule has 1 rings (SSSR count). The molecule has 0 aromatic carbocycles. The molecule has 2 amide bonds. The van der Waals surface area contributed by atoms with Gasteiger partial charge in [0.1, 0.15) is 0 Å². The number of urea groups is 1. The number of carboxylic acid groups (broad SMARTS) is 1. The van der Waals surface area contributed by atoms with Gasteiger partial charge >= 0.3 is 12.0 Å². The van der Waals surface area contributed by atoms with Gasteiger partial charge in [0.2, 0.25) is 0 Å². The maximum Gasteiger partial charge on any atom is 0.328 e. The number of aliphatic carboxylic acids is 1. The summed E-state index contributed by atoms with van der Waals surface area (Å²) in [4.78, 5) is 22.2. The highest BCUT2D eigenvalue weighted by Gasteiger charge is 2.27. The maximum atomic E-state index is 11.5. The van der Waals surface area contributed by atoms with Crippen LogP contribution in [0.5, 0.6) is 0 Å². The monoisotopic (exact) mass is 276 g/mol. The van der Waals surface area contributed by atoms with E-state index in [1.54, 1.807) is 0 Å². The van der Waals surface area contributed by atoms with E-state index in [0.29, 0.717) is 5.25 Å². The molecule has 0 aromatic rings. The van der Waals surface area contributed by atoms with Gasteiger partial charge in [0.05, 0.1) is 6.61 Å². The molecule has 6 nitrogen and oxygen atoms in total. The van der Waals surface area contributed by atoms with Gasteiger partial charge in [-0.3, -0.25) is 0 Å². The van der Waals surface area contributed by atoms with E-state index in [1.165, 1.54) is 0 Å². The summed E-state index contributed by atoms with van der Waals surface area (Å²) in [6.45, 7) is 1.50. The lowest BCUT2D eigenvalue weighted by atomic mass is 10.2. The average molecular weight is 276 g/mol. The van der Waals surface area contributed by atoms with Crippen molar-refractivity contribution in [3.05, 3.63) is 0 Å². The van der Waals surface area contributed by atoms with Crippen LogP contribution >= 0.6 is 11.8 Å². The summed E-state index contributed by atoms with van der Waals surface area (Å²) in [7, 11) is 0. The predicted octanol–water partition coefficient (Wildman–Crippen LogP) is 0.405. The Kier molecular flexibility index (Phi) is 6.28. The van der Waals surface area contributed by atoms with Gasteiger partial charge in [-0.25, -0.2) is 9.59 Å². The highest BCUT2D eigenvalue weighted by molar-refractivity contribution is 7.99. The van der Waals surface area contributed by atoms with Gasteiger partial charge in [-0.15, -0.1) is 0 Å². The zero-order valence-electron chi connectivity index (χ0n) is 10.4. The molecule has 4 N–H and O–H groups in total. The molecule has 1 saturated carbocycles. The predicted molar refractivity (Wildman–Crippen MR) is 69.7 cm³/mol. The summed E-state index contributed by atoms with van der Waals surface area (Å²) in [5, 5.41) is 23.0. The number of carbonyl (C=O) groups is 2. The van der Waals surface area contributed by atoms with Crippen LogP contribution in [0.3, 0.4) is 0 Å². The summed E-state index contributed by atoms with van der Waals surface area (Å²) in [6, 6.07) is -1.67. The molecule has 2 unspecified atom stereocenters. The van der Waals surface area contributed by atoms with Crippen molar-refractivity contribution < 1.29 is 19.8 Å². The second-order valence-electron chi connectivity index (χ2n) is 4.28. The van der Waals surface area contributed by atoms with E-state index in [-0.39, 0.29) is 6.04 Å². The van der Waals surface area contributed by atoms with E-state index in [2.05, 4.69) is 17.6 Å². The van der Waals surface area contributed by atoms with Crippen LogP contribution in [0.1, 0.15) is 26.2 Å². The zero-order chi connectivity index (χ0) is 13.5. The molecule has 3 atom stereocenters. The largest absolute Gasteiger partial charge is 0.480 e. The van der Waals surface area contributed by atoms with E-state index in [9.17, 15) is 9.59 Å². The van der Waals surface area contributed by atoms with E-state index in [1.807, 2.05) is 11.8 Å². The van der Waals surface area contributed by atoms with Crippen molar-refractivity contribution in [2.24, 2.45) is 0 Å². The summed E-state index contributed by atoms with van der Waals surface area (Å²) in [5.74, 6) is -0.173. The SMILES string of the molecule is CCSC1CCC(NC(=O)N[C@H](CO)C(=O)O)C1. The molecule has 0 bridgehead atoms. The summed E-state index contributed by atoms with van der Waals surface area (Å²) in [6.07, 6.45) is 2.91. The minimum absolute atomic E-state index is 0.0992. The molecule has 0 aromatic heterocycles. The fraction of sp³-hybridized carbons (Fsp3) is 0.818. The number of rotatable bonds is 6. The second kappa shape index (κ2) is 7.48. The number of thioether (sulfide) groups is 1. The summed E-state index contributed by atoms with van der Waals surface area (Å²) >= 11 is 1.89. The summed E-state index contributed by atoms with van der Waals surface area (Å²) in [5.41, 5.74) is 0. The van der Waals surface area contributed by atoms with E-state index < -0.39 is 24.6 Å². The van der Waals surface area contributed by atoms with Crippen LogP contribution in [0, 0.1) is 0 Å². The molecule has 1 aliphatic rings. The van der Waals surface area contributed by atoms with Gasteiger partial charge in [-0.2, -0.15) is 11.8 Å². The van der Waals surface area contributed by atoms with E-state index in [0.717, 1.165) is 25.0 Å². The fourth-order valence-corrected chi connectivity index (χ4v) is 3.17. The van der Waals surface area contributed by atoms with Crippen molar-refractivity contribution in [3.8, 4) is 0 Å². The number of hydrogen-bond acceptors (Lipinski definition) is 4. The topological polar surface area (TPSA) is 98.7 Å². The lowest BCUT2D eigenvalue weighted by Crippen LogP contribution is -2.50. The minimum Gasteiger partial charge on any atom is -0.480 e. The first kappa shape index (κ1) is 15.1. The Hall–Kier alpha value is -0.950. The first-order chi connectivity index (χ1) is 8.56. The Balaban J connectivity index is 2.30. The van der Waals surface area contributed by atoms with Gasteiger partial charge < -0.3 is 20.8 Å². The van der Waals surface area contributed by atoms with Crippen LogP contribution in [-0.2, 0) is 4.79 Å². The van der Waals surface area contributed by atoms with Gasteiger partial charge in [0.25, 0.3) is 0 Å². The molecule has 0 spiro atoms. The second-order valence-corrected chi connectivity index (χ2v) is 5.86. The van der Waals surface area contributed by atoms with Crippen LogP contribution in [0.4, 0.5) is 4.79 Å². The Bertz CT molecular complexity index is 301. The highest BCUT2D eigenvalue weighted by Crippen LogP contribution is 2.29. The van der Waals surface area contributed by atoms with E-state index in [4.69, 9.17) is 10.2 Å². The Morgan fingerprint density at radius 1 is 1.44 bits per heavy atom. The molecular weight excluding hydrogens is 256 g/mol. The molecule has 7 heteroatoms. The maximum absolute atomic E-state index is 11.5. The molecule has 1 fully saturated rings. The van der Waals surface area contributed by atoms with Crippen molar-refractivity contribution in [3.63, 3.8) is 0 Å². The van der Waals surface area contributed by atoms with Crippen molar-refractivity contribution in [2.45, 2.75) is 43.5 Å².